The fraction of sp³-hybridized carbons (Fsp3) is 0.176. The van der Waals surface area contributed by atoms with Crippen LogP contribution in [0.4, 0.5) is 11.4 Å². The minimum atomic E-state index is -0.642. The van der Waals surface area contributed by atoms with Crippen molar-refractivity contribution in [3.8, 4) is 22.9 Å². The summed E-state index contributed by atoms with van der Waals surface area (Å²) in [6, 6.07) is 9.36. The number of amides is 1. The number of benzene rings is 2. The van der Waals surface area contributed by atoms with Crippen molar-refractivity contribution in [2.75, 3.05) is 18.5 Å². The Hall–Kier alpha value is -4.02. The quantitative estimate of drug-likeness (QED) is 0.533. The van der Waals surface area contributed by atoms with E-state index in [4.69, 9.17) is 9.47 Å². The van der Waals surface area contributed by atoms with Gasteiger partial charge in [0, 0.05) is 24.4 Å². The third-order valence-corrected chi connectivity index (χ3v) is 4.10. The summed E-state index contributed by atoms with van der Waals surface area (Å²) in [5.74, 6) is 0.408. The van der Waals surface area contributed by atoms with E-state index in [2.05, 4.69) is 20.8 Å². The molecule has 2 aromatic carbocycles. The first-order valence-electron chi connectivity index (χ1n) is 8.25. The van der Waals surface area contributed by atoms with Crippen molar-refractivity contribution in [3.05, 3.63) is 52.1 Å². The van der Waals surface area contributed by atoms with Crippen molar-refractivity contribution in [1.82, 2.24) is 20.2 Å². The average Bonchev–Trinajstić information content (AvgIpc) is 3.13. The van der Waals surface area contributed by atoms with Gasteiger partial charge in [-0.2, -0.15) is 0 Å². The monoisotopic (exact) mass is 382 g/mol. The lowest BCUT2D eigenvalue weighted by Crippen LogP contribution is -2.18. The highest BCUT2D eigenvalue weighted by Crippen LogP contribution is 2.37. The predicted molar refractivity (Wildman–Crippen MR) is 96.3 cm³/mol. The molecule has 0 atom stereocenters. The van der Waals surface area contributed by atoms with Gasteiger partial charge in [0.2, 0.25) is 0 Å². The van der Waals surface area contributed by atoms with Crippen LogP contribution in [-0.4, -0.2) is 44.3 Å². The standard InChI is InChI=1S/C17H14N6O5/c1-22-16(19-20-21-22)10-3-2-4-11(7-10)18-17(24)12-8-14-15(28-6-5-27-14)9-13(12)23(25)26/h2-4,7-9H,5-6H2,1H3,(H,18,24). The van der Waals surface area contributed by atoms with Crippen molar-refractivity contribution < 1.29 is 19.2 Å². The highest BCUT2D eigenvalue weighted by atomic mass is 16.6. The molecule has 1 N–H and O–H groups in total. The second kappa shape index (κ2) is 6.95. The van der Waals surface area contributed by atoms with Gasteiger partial charge >= 0.3 is 0 Å². The van der Waals surface area contributed by atoms with E-state index in [0.717, 1.165) is 0 Å². The zero-order valence-corrected chi connectivity index (χ0v) is 14.7. The maximum Gasteiger partial charge on any atom is 0.286 e. The van der Waals surface area contributed by atoms with Crippen molar-refractivity contribution in [2.24, 2.45) is 7.05 Å². The summed E-state index contributed by atoms with van der Waals surface area (Å²) >= 11 is 0. The normalized spacial score (nSPS) is 12.5. The zero-order valence-electron chi connectivity index (χ0n) is 14.7. The number of carbonyl (C=O) groups is 1. The largest absolute Gasteiger partial charge is 0.486 e. The van der Waals surface area contributed by atoms with E-state index < -0.39 is 10.8 Å². The van der Waals surface area contributed by atoms with Gasteiger partial charge in [0.15, 0.2) is 17.3 Å². The Morgan fingerprint density at radius 1 is 1.21 bits per heavy atom. The highest BCUT2D eigenvalue weighted by molar-refractivity contribution is 6.07. The van der Waals surface area contributed by atoms with Crippen molar-refractivity contribution >= 4 is 17.3 Å². The third kappa shape index (κ3) is 3.20. The molecule has 3 aromatic rings. The van der Waals surface area contributed by atoms with E-state index in [-0.39, 0.29) is 17.0 Å². The molecule has 28 heavy (non-hydrogen) atoms. The minimum Gasteiger partial charge on any atom is -0.486 e. The van der Waals surface area contributed by atoms with E-state index in [9.17, 15) is 14.9 Å². The molecule has 0 unspecified atom stereocenters. The molecule has 1 aliphatic rings. The number of aromatic nitrogens is 4. The first-order valence-corrected chi connectivity index (χ1v) is 8.25. The lowest BCUT2D eigenvalue weighted by molar-refractivity contribution is -0.385. The fourth-order valence-electron chi connectivity index (χ4n) is 2.82. The highest BCUT2D eigenvalue weighted by Gasteiger charge is 2.26. The van der Waals surface area contributed by atoms with E-state index in [1.807, 2.05) is 0 Å². The lowest BCUT2D eigenvalue weighted by atomic mass is 10.1. The van der Waals surface area contributed by atoms with Gasteiger partial charge in [0.25, 0.3) is 11.6 Å². The first-order chi connectivity index (χ1) is 13.5. The van der Waals surface area contributed by atoms with Crippen molar-refractivity contribution in [3.63, 3.8) is 0 Å². The van der Waals surface area contributed by atoms with Crippen LogP contribution in [0.25, 0.3) is 11.4 Å². The molecule has 11 nitrogen and oxygen atoms in total. The van der Waals surface area contributed by atoms with Gasteiger partial charge in [-0.15, -0.1) is 5.10 Å². The van der Waals surface area contributed by atoms with Gasteiger partial charge in [-0.05, 0) is 22.6 Å². The van der Waals surface area contributed by atoms with Crippen LogP contribution in [0.15, 0.2) is 36.4 Å². The van der Waals surface area contributed by atoms with Crippen LogP contribution < -0.4 is 14.8 Å². The molecular formula is C17H14N6O5. The summed E-state index contributed by atoms with van der Waals surface area (Å²) in [5.41, 5.74) is 0.632. The molecule has 0 fully saturated rings. The maximum absolute atomic E-state index is 12.7. The number of anilines is 1. The molecule has 11 heteroatoms. The number of nitrogens with zero attached hydrogens (tertiary/aromatic N) is 5. The van der Waals surface area contributed by atoms with Gasteiger partial charge in [-0.1, -0.05) is 12.1 Å². The number of nitro benzene ring substituents is 1. The number of rotatable bonds is 4. The SMILES string of the molecule is Cn1nnnc1-c1cccc(NC(=O)c2cc3c(cc2[N+](=O)[O-])OCCO3)c1. The number of fused-ring (bicyclic) bond motifs is 1. The molecule has 1 aromatic heterocycles. The predicted octanol–water partition coefficient (Wildman–Crippen LogP) is 1.81. The summed E-state index contributed by atoms with van der Waals surface area (Å²) in [6.45, 7) is 0.596. The second-order valence-corrected chi connectivity index (χ2v) is 5.93. The van der Waals surface area contributed by atoms with Crippen LogP contribution >= 0.6 is 0 Å². The Labute approximate surface area is 158 Å². The number of nitrogens with one attached hydrogen (secondary N) is 1. The van der Waals surface area contributed by atoms with Gasteiger partial charge < -0.3 is 14.8 Å². The van der Waals surface area contributed by atoms with Crippen molar-refractivity contribution in [2.45, 2.75) is 0 Å². The topological polar surface area (TPSA) is 134 Å². The molecule has 0 aliphatic carbocycles. The van der Waals surface area contributed by atoms with Gasteiger partial charge in [0.1, 0.15) is 18.8 Å². The third-order valence-electron chi connectivity index (χ3n) is 4.10. The maximum atomic E-state index is 12.7. The Bertz CT molecular complexity index is 1080. The number of tetrazole rings is 1. The molecular weight excluding hydrogens is 368 g/mol. The zero-order chi connectivity index (χ0) is 19.7. The Morgan fingerprint density at radius 2 is 1.96 bits per heavy atom. The number of ether oxygens (including phenoxy) is 2. The summed E-state index contributed by atoms with van der Waals surface area (Å²) in [7, 11) is 1.69. The summed E-state index contributed by atoms with van der Waals surface area (Å²) in [4.78, 5) is 23.5. The number of aryl methyl sites for hydroxylation is 1. The molecule has 0 bridgehead atoms. The van der Waals surface area contributed by atoms with Gasteiger partial charge in [0.05, 0.1) is 11.0 Å². The average molecular weight is 382 g/mol. The number of hydrogen-bond acceptors (Lipinski definition) is 8. The molecule has 0 saturated heterocycles. The Morgan fingerprint density at radius 3 is 2.64 bits per heavy atom. The molecule has 0 radical (unpaired) electrons. The molecule has 0 saturated carbocycles. The second-order valence-electron chi connectivity index (χ2n) is 5.93. The van der Waals surface area contributed by atoms with Crippen LogP contribution in [0, 0.1) is 10.1 Å². The number of nitro groups is 1. The Kier molecular flexibility index (Phi) is 4.32. The number of hydrogen-bond donors (Lipinski definition) is 1. The molecule has 0 spiro atoms. The smallest absolute Gasteiger partial charge is 0.286 e. The van der Waals surface area contributed by atoms with Crippen molar-refractivity contribution in [1.29, 1.82) is 0 Å². The van der Waals surface area contributed by atoms with Gasteiger partial charge in [-0.25, -0.2) is 4.68 Å². The minimum absolute atomic E-state index is 0.125. The van der Waals surface area contributed by atoms with E-state index in [0.29, 0.717) is 36.0 Å². The van der Waals surface area contributed by atoms with Crippen LogP contribution in [0.2, 0.25) is 0 Å². The van der Waals surface area contributed by atoms with E-state index in [1.165, 1.54) is 16.8 Å². The number of carbonyl (C=O) groups excluding carboxylic acids is 1. The summed E-state index contributed by atoms with van der Waals surface area (Å²) in [6.07, 6.45) is 0. The molecule has 1 amide bonds. The molecule has 1 aliphatic heterocycles. The Balaban J connectivity index is 1.66. The summed E-state index contributed by atoms with van der Waals surface area (Å²) < 4.78 is 12.3. The summed E-state index contributed by atoms with van der Waals surface area (Å²) in [5, 5.41) is 25.4. The van der Waals surface area contributed by atoms with Crippen LogP contribution in [0.1, 0.15) is 10.4 Å². The first kappa shape index (κ1) is 17.4. The van der Waals surface area contributed by atoms with E-state index in [1.54, 1.807) is 31.3 Å². The lowest BCUT2D eigenvalue weighted by Gasteiger charge is -2.19. The fourth-order valence-corrected chi connectivity index (χ4v) is 2.82. The van der Waals surface area contributed by atoms with E-state index >= 15 is 0 Å². The van der Waals surface area contributed by atoms with Crippen LogP contribution in [0.5, 0.6) is 11.5 Å². The van der Waals surface area contributed by atoms with Crippen LogP contribution in [-0.2, 0) is 7.05 Å². The molecule has 4 rings (SSSR count). The van der Waals surface area contributed by atoms with Crippen LogP contribution in [0.3, 0.4) is 0 Å². The van der Waals surface area contributed by atoms with Gasteiger partial charge in [-0.3, -0.25) is 14.9 Å². The molecule has 2 heterocycles. The molecule has 142 valence electrons.